The Bertz CT molecular complexity index is 679. The van der Waals surface area contributed by atoms with E-state index in [2.05, 4.69) is 9.97 Å². The maximum atomic E-state index is 12.5. The van der Waals surface area contributed by atoms with E-state index in [0.29, 0.717) is 15.9 Å². The summed E-state index contributed by atoms with van der Waals surface area (Å²) in [6, 6.07) is 3.55. The van der Waals surface area contributed by atoms with E-state index in [0.717, 1.165) is 5.56 Å². The highest BCUT2D eigenvalue weighted by Crippen LogP contribution is 2.26. The van der Waals surface area contributed by atoms with Crippen LogP contribution in [0, 0.1) is 0 Å². The minimum absolute atomic E-state index is 0.121. The van der Waals surface area contributed by atoms with Gasteiger partial charge in [-0.25, -0.2) is 19.7 Å². The Labute approximate surface area is 144 Å². The summed E-state index contributed by atoms with van der Waals surface area (Å²) in [5.74, 6) is 0.499. The van der Waals surface area contributed by atoms with E-state index in [1.54, 1.807) is 46.3 Å². The molecule has 0 aliphatic rings. The van der Waals surface area contributed by atoms with Gasteiger partial charge in [0.2, 0.25) is 5.88 Å². The van der Waals surface area contributed by atoms with Gasteiger partial charge in [-0.2, -0.15) is 0 Å². The molecule has 7 nitrogen and oxygen atoms in total. The third kappa shape index (κ3) is 4.90. The third-order valence-corrected chi connectivity index (χ3v) is 3.89. The summed E-state index contributed by atoms with van der Waals surface area (Å²) in [5.41, 5.74) is 0.187. The second-order valence-electron chi connectivity index (χ2n) is 6.04. The lowest BCUT2D eigenvalue weighted by molar-refractivity contribution is 0.0577. The number of aromatic nitrogens is 2. The molecule has 0 spiro atoms. The number of aliphatic hydroxyl groups excluding tert-OH is 1. The van der Waals surface area contributed by atoms with Crippen LogP contribution in [0.2, 0.25) is 0 Å². The van der Waals surface area contributed by atoms with Crippen LogP contribution in [0.25, 0.3) is 0 Å². The lowest BCUT2D eigenvalue weighted by Crippen LogP contribution is -2.36. The standard InChI is InChI=1S/C16H21N3O4S/c1-16(2,3)23-15(21)19(14-18-8-12(10-20)24-14)9-11-5-6-13(22-4)17-7-11/h5-8,20H,9-10H2,1-4H3. The van der Waals surface area contributed by atoms with Gasteiger partial charge in [0.1, 0.15) is 5.60 Å². The second-order valence-corrected chi connectivity index (χ2v) is 7.14. The van der Waals surface area contributed by atoms with Gasteiger partial charge in [0.05, 0.1) is 25.1 Å². The molecule has 0 aliphatic heterocycles. The molecule has 0 saturated heterocycles. The van der Waals surface area contributed by atoms with E-state index < -0.39 is 11.7 Å². The molecular formula is C16H21N3O4S. The number of hydrogen-bond donors (Lipinski definition) is 1. The summed E-state index contributed by atoms with van der Waals surface area (Å²) in [6.07, 6.45) is 2.68. The minimum atomic E-state index is -0.620. The van der Waals surface area contributed by atoms with Crippen molar-refractivity contribution in [1.82, 2.24) is 9.97 Å². The van der Waals surface area contributed by atoms with E-state index in [-0.39, 0.29) is 13.2 Å². The van der Waals surface area contributed by atoms with Crippen molar-refractivity contribution in [3.8, 4) is 5.88 Å². The fraction of sp³-hybridized carbons (Fsp3) is 0.438. The van der Waals surface area contributed by atoms with Crippen molar-refractivity contribution in [3.05, 3.63) is 35.0 Å². The number of methoxy groups -OCH3 is 1. The van der Waals surface area contributed by atoms with Crippen LogP contribution >= 0.6 is 11.3 Å². The summed E-state index contributed by atoms with van der Waals surface area (Å²) >= 11 is 1.24. The summed E-state index contributed by atoms with van der Waals surface area (Å²) in [4.78, 5) is 23.0. The van der Waals surface area contributed by atoms with Crippen LogP contribution in [0.4, 0.5) is 9.93 Å². The fourth-order valence-corrected chi connectivity index (χ4v) is 2.59. The number of rotatable bonds is 5. The van der Waals surface area contributed by atoms with Gasteiger partial charge in [0.25, 0.3) is 0 Å². The topological polar surface area (TPSA) is 84.8 Å². The number of carbonyl (C=O) groups excluding carboxylic acids is 1. The highest BCUT2D eigenvalue weighted by Gasteiger charge is 2.26. The Morgan fingerprint density at radius 3 is 2.54 bits per heavy atom. The van der Waals surface area contributed by atoms with Crippen LogP contribution < -0.4 is 9.64 Å². The molecule has 0 bridgehead atoms. The van der Waals surface area contributed by atoms with Crippen molar-refractivity contribution in [3.63, 3.8) is 0 Å². The number of hydrogen-bond acceptors (Lipinski definition) is 7. The average molecular weight is 351 g/mol. The Hall–Kier alpha value is -2.19. The van der Waals surface area contributed by atoms with Crippen LogP contribution in [0.3, 0.4) is 0 Å². The molecule has 2 heterocycles. The molecule has 8 heteroatoms. The fourth-order valence-electron chi connectivity index (χ4n) is 1.83. The molecular weight excluding hydrogens is 330 g/mol. The molecule has 2 aromatic heterocycles. The Morgan fingerprint density at radius 2 is 2.04 bits per heavy atom. The van der Waals surface area contributed by atoms with E-state index in [1.165, 1.54) is 16.2 Å². The van der Waals surface area contributed by atoms with Crippen LogP contribution in [-0.2, 0) is 17.9 Å². The number of thiazole rings is 1. The molecule has 2 aromatic rings. The average Bonchev–Trinajstić information content (AvgIpc) is 3.00. The molecule has 1 N–H and O–H groups in total. The number of pyridine rings is 1. The molecule has 24 heavy (non-hydrogen) atoms. The summed E-state index contributed by atoms with van der Waals surface area (Å²) in [5, 5.41) is 9.68. The summed E-state index contributed by atoms with van der Waals surface area (Å²) in [6.45, 7) is 5.55. The first kappa shape index (κ1) is 18.2. The minimum Gasteiger partial charge on any atom is -0.481 e. The van der Waals surface area contributed by atoms with Gasteiger partial charge < -0.3 is 14.6 Å². The van der Waals surface area contributed by atoms with Gasteiger partial charge in [-0.1, -0.05) is 17.4 Å². The Kier molecular flexibility index (Phi) is 5.74. The predicted molar refractivity (Wildman–Crippen MR) is 91.2 cm³/mol. The Balaban J connectivity index is 2.25. The molecule has 0 fully saturated rings. The maximum absolute atomic E-state index is 12.5. The first-order valence-electron chi connectivity index (χ1n) is 7.37. The molecule has 0 unspecified atom stereocenters. The molecule has 0 aromatic carbocycles. The van der Waals surface area contributed by atoms with E-state index in [9.17, 15) is 9.90 Å². The van der Waals surface area contributed by atoms with Gasteiger partial charge in [-0.3, -0.25) is 0 Å². The molecule has 1 amide bonds. The van der Waals surface area contributed by atoms with E-state index >= 15 is 0 Å². The van der Waals surface area contributed by atoms with Crippen LogP contribution in [0.1, 0.15) is 31.2 Å². The second kappa shape index (κ2) is 7.59. The zero-order chi connectivity index (χ0) is 17.7. The maximum Gasteiger partial charge on any atom is 0.416 e. The van der Waals surface area contributed by atoms with Crippen molar-refractivity contribution in [2.75, 3.05) is 12.0 Å². The van der Waals surface area contributed by atoms with Gasteiger partial charge in [0.15, 0.2) is 5.13 Å². The van der Waals surface area contributed by atoms with Gasteiger partial charge in [-0.05, 0) is 26.3 Å². The predicted octanol–water partition coefficient (Wildman–Crippen LogP) is 2.98. The zero-order valence-electron chi connectivity index (χ0n) is 14.1. The van der Waals surface area contributed by atoms with Gasteiger partial charge >= 0.3 is 6.09 Å². The van der Waals surface area contributed by atoms with Crippen molar-refractivity contribution < 1.29 is 19.4 Å². The first-order valence-corrected chi connectivity index (χ1v) is 8.19. The smallest absolute Gasteiger partial charge is 0.416 e. The van der Waals surface area contributed by atoms with Gasteiger partial charge in [0, 0.05) is 18.5 Å². The summed E-state index contributed by atoms with van der Waals surface area (Å²) < 4.78 is 10.5. The normalized spacial score (nSPS) is 11.2. The number of anilines is 1. The number of nitrogens with zero attached hydrogens (tertiary/aromatic N) is 3. The van der Waals surface area contributed by atoms with Crippen molar-refractivity contribution >= 4 is 22.6 Å². The summed E-state index contributed by atoms with van der Waals surface area (Å²) in [7, 11) is 1.54. The molecule has 0 aliphatic carbocycles. The van der Waals surface area contributed by atoms with E-state index in [1.807, 2.05) is 6.07 Å². The largest absolute Gasteiger partial charge is 0.481 e. The number of ether oxygens (including phenoxy) is 2. The first-order chi connectivity index (χ1) is 11.3. The number of aliphatic hydroxyl groups is 1. The molecule has 0 radical (unpaired) electrons. The highest BCUT2D eigenvalue weighted by molar-refractivity contribution is 7.15. The van der Waals surface area contributed by atoms with Crippen molar-refractivity contribution in [2.45, 2.75) is 39.5 Å². The molecule has 2 rings (SSSR count). The molecule has 0 atom stereocenters. The SMILES string of the molecule is COc1ccc(CN(C(=O)OC(C)(C)C)c2ncc(CO)s2)cn1. The quantitative estimate of drug-likeness (QED) is 0.891. The van der Waals surface area contributed by atoms with E-state index in [4.69, 9.17) is 9.47 Å². The van der Waals surface area contributed by atoms with Crippen LogP contribution in [0.5, 0.6) is 5.88 Å². The zero-order valence-corrected chi connectivity index (χ0v) is 15.0. The van der Waals surface area contributed by atoms with Gasteiger partial charge in [-0.15, -0.1) is 0 Å². The molecule has 130 valence electrons. The van der Waals surface area contributed by atoms with Crippen molar-refractivity contribution in [1.29, 1.82) is 0 Å². The molecule has 0 saturated carbocycles. The van der Waals surface area contributed by atoms with Crippen molar-refractivity contribution in [2.24, 2.45) is 0 Å². The number of carbonyl (C=O) groups is 1. The lowest BCUT2D eigenvalue weighted by Gasteiger charge is -2.25. The Morgan fingerprint density at radius 1 is 1.29 bits per heavy atom. The highest BCUT2D eigenvalue weighted by atomic mass is 32.1. The monoisotopic (exact) mass is 351 g/mol. The third-order valence-electron chi connectivity index (χ3n) is 2.89. The van der Waals surface area contributed by atoms with Crippen LogP contribution in [0.15, 0.2) is 24.5 Å². The lowest BCUT2D eigenvalue weighted by atomic mass is 10.2. The van der Waals surface area contributed by atoms with Crippen LogP contribution in [-0.4, -0.2) is 33.9 Å². The number of amides is 1.